The average Bonchev–Trinajstić information content (AvgIpc) is 2.42. The summed E-state index contributed by atoms with van der Waals surface area (Å²) in [6.45, 7) is 3.82. The molecule has 2 aromatic carbocycles. The molecule has 0 atom stereocenters. The molecule has 0 aliphatic carbocycles. The van der Waals surface area contributed by atoms with Gasteiger partial charge < -0.3 is 10.0 Å². The standard InChI is InChI=1S/C16H17F2NO/c1-3-19(13-6-4-5-11(2)7-13)16-14(17)8-12(10-20)9-15(16)18/h4-9,20H,3,10H2,1-2H3. The lowest BCUT2D eigenvalue weighted by molar-refractivity contribution is 0.280. The average molecular weight is 277 g/mol. The lowest BCUT2D eigenvalue weighted by Crippen LogP contribution is -2.19. The van der Waals surface area contributed by atoms with E-state index in [-0.39, 0.29) is 17.9 Å². The molecule has 2 aromatic rings. The van der Waals surface area contributed by atoms with Gasteiger partial charge in [0.1, 0.15) is 17.3 Å². The minimum atomic E-state index is -0.669. The van der Waals surface area contributed by atoms with E-state index in [4.69, 9.17) is 5.11 Å². The first-order chi connectivity index (χ1) is 9.56. The summed E-state index contributed by atoms with van der Waals surface area (Å²) >= 11 is 0. The molecule has 20 heavy (non-hydrogen) atoms. The van der Waals surface area contributed by atoms with E-state index >= 15 is 0 Å². The van der Waals surface area contributed by atoms with Gasteiger partial charge in [0.25, 0.3) is 0 Å². The third-order valence-corrected chi connectivity index (χ3v) is 3.16. The van der Waals surface area contributed by atoms with Crippen molar-refractivity contribution >= 4 is 11.4 Å². The second-order valence-electron chi connectivity index (χ2n) is 4.65. The van der Waals surface area contributed by atoms with Crippen LogP contribution in [0.1, 0.15) is 18.1 Å². The maximum Gasteiger partial charge on any atom is 0.150 e. The summed E-state index contributed by atoms with van der Waals surface area (Å²) in [6.07, 6.45) is 0. The molecule has 0 spiro atoms. The van der Waals surface area contributed by atoms with E-state index in [9.17, 15) is 8.78 Å². The van der Waals surface area contributed by atoms with Crippen LogP contribution >= 0.6 is 0 Å². The summed E-state index contributed by atoms with van der Waals surface area (Å²) in [6, 6.07) is 9.80. The number of anilines is 2. The van der Waals surface area contributed by atoms with E-state index in [0.29, 0.717) is 6.54 Å². The van der Waals surface area contributed by atoms with E-state index in [0.717, 1.165) is 23.4 Å². The molecule has 0 saturated carbocycles. The minimum absolute atomic E-state index is 0.0877. The summed E-state index contributed by atoms with van der Waals surface area (Å²) in [7, 11) is 0. The van der Waals surface area contributed by atoms with Crippen molar-refractivity contribution in [2.75, 3.05) is 11.4 Å². The first-order valence-electron chi connectivity index (χ1n) is 6.49. The van der Waals surface area contributed by atoms with Gasteiger partial charge in [-0.1, -0.05) is 12.1 Å². The lowest BCUT2D eigenvalue weighted by Gasteiger charge is -2.25. The number of aliphatic hydroxyl groups excluding tert-OH is 1. The quantitative estimate of drug-likeness (QED) is 0.915. The lowest BCUT2D eigenvalue weighted by atomic mass is 10.1. The number of hydrogen-bond acceptors (Lipinski definition) is 2. The fraction of sp³-hybridized carbons (Fsp3) is 0.250. The maximum absolute atomic E-state index is 14.1. The van der Waals surface area contributed by atoms with Crippen LogP contribution in [0.25, 0.3) is 0 Å². The van der Waals surface area contributed by atoms with Crippen LogP contribution in [0.15, 0.2) is 36.4 Å². The molecule has 0 bridgehead atoms. The van der Waals surface area contributed by atoms with Crippen molar-refractivity contribution in [3.05, 3.63) is 59.2 Å². The summed E-state index contributed by atoms with van der Waals surface area (Å²) in [5.74, 6) is -1.34. The van der Waals surface area contributed by atoms with Gasteiger partial charge in [0.2, 0.25) is 0 Å². The van der Waals surface area contributed by atoms with Gasteiger partial charge in [0.05, 0.1) is 6.61 Å². The molecule has 2 nitrogen and oxygen atoms in total. The molecular formula is C16H17F2NO. The van der Waals surface area contributed by atoms with Crippen LogP contribution in [0.3, 0.4) is 0 Å². The number of rotatable bonds is 4. The highest BCUT2D eigenvalue weighted by Crippen LogP contribution is 2.31. The zero-order chi connectivity index (χ0) is 14.7. The number of benzene rings is 2. The van der Waals surface area contributed by atoms with Gasteiger partial charge in [-0.15, -0.1) is 0 Å². The highest BCUT2D eigenvalue weighted by Gasteiger charge is 2.18. The number of nitrogens with zero attached hydrogens (tertiary/aromatic N) is 1. The van der Waals surface area contributed by atoms with Gasteiger partial charge in [-0.3, -0.25) is 0 Å². The third-order valence-electron chi connectivity index (χ3n) is 3.16. The molecule has 2 rings (SSSR count). The Hall–Kier alpha value is -1.94. The number of hydrogen-bond donors (Lipinski definition) is 1. The molecule has 0 heterocycles. The Bertz CT molecular complexity index is 590. The van der Waals surface area contributed by atoms with Gasteiger partial charge >= 0.3 is 0 Å². The number of halogens is 2. The predicted molar refractivity (Wildman–Crippen MR) is 76.1 cm³/mol. The van der Waals surface area contributed by atoms with Crippen molar-refractivity contribution in [1.82, 2.24) is 0 Å². The van der Waals surface area contributed by atoms with E-state index in [1.54, 1.807) is 4.90 Å². The molecule has 0 fully saturated rings. The normalized spacial score (nSPS) is 10.7. The molecule has 0 aliphatic rings. The van der Waals surface area contributed by atoms with Gasteiger partial charge in [0.15, 0.2) is 0 Å². The Labute approximate surface area is 117 Å². The smallest absolute Gasteiger partial charge is 0.150 e. The Kier molecular flexibility index (Phi) is 4.35. The van der Waals surface area contributed by atoms with Gasteiger partial charge in [-0.25, -0.2) is 8.78 Å². The van der Waals surface area contributed by atoms with E-state index in [1.807, 2.05) is 38.1 Å². The second-order valence-corrected chi connectivity index (χ2v) is 4.65. The Balaban J connectivity index is 2.52. The van der Waals surface area contributed by atoms with Crippen molar-refractivity contribution in [2.45, 2.75) is 20.5 Å². The van der Waals surface area contributed by atoms with Crippen LogP contribution < -0.4 is 4.90 Å². The Morgan fingerprint density at radius 1 is 1.10 bits per heavy atom. The molecule has 0 radical (unpaired) electrons. The van der Waals surface area contributed by atoms with Crippen LogP contribution in [0.2, 0.25) is 0 Å². The molecular weight excluding hydrogens is 260 g/mol. The molecule has 0 unspecified atom stereocenters. The van der Waals surface area contributed by atoms with E-state index in [2.05, 4.69) is 0 Å². The zero-order valence-corrected chi connectivity index (χ0v) is 11.5. The Morgan fingerprint density at radius 3 is 2.25 bits per heavy atom. The molecule has 0 aromatic heterocycles. The molecule has 106 valence electrons. The SMILES string of the molecule is CCN(c1cccc(C)c1)c1c(F)cc(CO)cc1F. The van der Waals surface area contributed by atoms with Crippen molar-refractivity contribution in [1.29, 1.82) is 0 Å². The van der Waals surface area contributed by atoms with Crippen molar-refractivity contribution < 1.29 is 13.9 Å². The number of aliphatic hydroxyl groups is 1. The number of aryl methyl sites for hydroxylation is 1. The van der Waals surface area contributed by atoms with Gasteiger partial charge in [-0.2, -0.15) is 0 Å². The van der Waals surface area contributed by atoms with Gasteiger partial charge in [0, 0.05) is 12.2 Å². The fourth-order valence-electron chi connectivity index (χ4n) is 2.23. The molecule has 0 aliphatic heterocycles. The topological polar surface area (TPSA) is 23.5 Å². The van der Waals surface area contributed by atoms with Crippen molar-refractivity contribution in [3.63, 3.8) is 0 Å². The molecule has 0 saturated heterocycles. The van der Waals surface area contributed by atoms with Crippen LogP contribution in [0, 0.1) is 18.6 Å². The first-order valence-corrected chi connectivity index (χ1v) is 6.49. The minimum Gasteiger partial charge on any atom is -0.392 e. The van der Waals surface area contributed by atoms with Gasteiger partial charge in [-0.05, 0) is 49.2 Å². The summed E-state index contributed by atoms with van der Waals surface area (Å²) < 4.78 is 28.3. The highest BCUT2D eigenvalue weighted by molar-refractivity contribution is 5.65. The van der Waals surface area contributed by atoms with Crippen LogP contribution in [-0.2, 0) is 6.61 Å². The van der Waals surface area contributed by atoms with Crippen LogP contribution in [-0.4, -0.2) is 11.7 Å². The Morgan fingerprint density at radius 2 is 1.75 bits per heavy atom. The highest BCUT2D eigenvalue weighted by atomic mass is 19.1. The monoisotopic (exact) mass is 277 g/mol. The maximum atomic E-state index is 14.1. The fourth-order valence-corrected chi connectivity index (χ4v) is 2.23. The summed E-state index contributed by atoms with van der Waals surface area (Å²) in [4.78, 5) is 1.58. The van der Waals surface area contributed by atoms with Crippen LogP contribution in [0.5, 0.6) is 0 Å². The van der Waals surface area contributed by atoms with E-state index < -0.39 is 11.6 Å². The van der Waals surface area contributed by atoms with Crippen molar-refractivity contribution in [2.24, 2.45) is 0 Å². The van der Waals surface area contributed by atoms with Crippen LogP contribution in [0.4, 0.5) is 20.2 Å². The summed E-state index contributed by atoms with van der Waals surface area (Å²) in [5.41, 5.74) is 1.90. The van der Waals surface area contributed by atoms with E-state index in [1.165, 1.54) is 0 Å². The van der Waals surface area contributed by atoms with Crippen molar-refractivity contribution in [3.8, 4) is 0 Å². The zero-order valence-electron chi connectivity index (χ0n) is 11.5. The third kappa shape index (κ3) is 2.80. The molecule has 4 heteroatoms. The largest absolute Gasteiger partial charge is 0.392 e. The predicted octanol–water partition coefficient (Wildman–Crippen LogP) is 3.92. The molecule has 1 N–H and O–H groups in total. The molecule has 0 amide bonds. The summed E-state index contributed by atoms with van der Waals surface area (Å²) in [5, 5.41) is 8.98. The second kappa shape index (κ2) is 6.01. The first kappa shape index (κ1) is 14.5.